The second kappa shape index (κ2) is 5.18. The Morgan fingerprint density at radius 2 is 2.00 bits per heavy atom. The smallest absolute Gasteiger partial charge is 0.267 e. The van der Waals surface area contributed by atoms with E-state index in [2.05, 4.69) is 4.98 Å². The molecule has 0 unspecified atom stereocenters. The lowest BCUT2D eigenvalue weighted by Crippen LogP contribution is -2.24. The van der Waals surface area contributed by atoms with Gasteiger partial charge in [0, 0.05) is 5.02 Å². The molecule has 1 aromatic heterocycles. The van der Waals surface area contributed by atoms with Gasteiger partial charge in [0.2, 0.25) is 0 Å². The molecule has 2 rings (SSSR count). The van der Waals surface area contributed by atoms with Crippen molar-refractivity contribution in [3.8, 4) is 0 Å². The number of aryl methyl sites for hydroxylation is 1. The number of aromatic nitrogens is 2. The third-order valence-corrected chi connectivity index (χ3v) is 3.92. The van der Waals surface area contributed by atoms with Gasteiger partial charge in [-0.25, -0.2) is 4.98 Å². The summed E-state index contributed by atoms with van der Waals surface area (Å²) < 4.78 is 2.26. The average Bonchev–Trinajstić information content (AvgIpc) is 2.33. The molecule has 0 aliphatic rings. The first-order valence-electron chi connectivity index (χ1n) is 5.04. The van der Waals surface area contributed by atoms with Gasteiger partial charge < -0.3 is 0 Å². The summed E-state index contributed by atoms with van der Waals surface area (Å²) in [6.07, 6.45) is 1.58. The molecule has 0 atom stereocenters. The summed E-state index contributed by atoms with van der Waals surface area (Å²) in [5.74, 6) is 0. The zero-order valence-corrected chi connectivity index (χ0v) is 12.1. The van der Waals surface area contributed by atoms with Gasteiger partial charge >= 0.3 is 0 Å². The Morgan fingerprint density at radius 1 is 1.35 bits per heavy atom. The lowest BCUT2D eigenvalue weighted by molar-refractivity contribution is 0.724. The van der Waals surface area contributed by atoms with Gasteiger partial charge in [-0.15, -0.1) is 0 Å². The van der Waals surface area contributed by atoms with Gasteiger partial charge in [0.15, 0.2) is 0 Å². The van der Waals surface area contributed by atoms with Crippen LogP contribution in [0.15, 0.2) is 35.4 Å². The van der Waals surface area contributed by atoms with Gasteiger partial charge in [-0.1, -0.05) is 23.7 Å². The van der Waals surface area contributed by atoms with Gasteiger partial charge in [0.1, 0.15) is 0 Å². The zero-order chi connectivity index (χ0) is 12.4. The molecule has 2 aromatic rings. The summed E-state index contributed by atoms with van der Waals surface area (Å²) in [4.78, 5) is 16.1. The molecule has 0 amide bonds. The van der Waals surface area contributed by atoms with Crippen molar-refractivity contribution < 1.29 is 0 Å². The quantitative estimate of drug-likeness (QED) is 0.772. The highest BCUT2D eigenvalue weighted by molar-refractivity contribution is 14.1. The Bertz CT molecular complexity index is 592. The molecular formula is C12H10ClIN2O. The molecule has 0 spiro atoms. The van der Waals surface area contributed by atoms with Crippen molar-refractivity contribution in [3.63, 3.8) is 0 Å². The van der Waals surface area contributed by atoms with E-state index in [1.54, 1.807) is 10.9 Å². The summed E-state index contributed by atoms with van der Waals surface area (Å²) >= 11 is 7.84. The van der Waals surface area contributed by atoms with Crippen LogP contribution in [0.25, 0.3) is 0 Å². The maximum atomic E-state index is 12.0. The normalized spacial score (nSPS) is 10.5. The molecular weight excluding hydrogens is 351 g/mol. The second-order valence-electron chi connectivity index (χ2n) is 3.70. The number of benzene rings is 1. The van der Waals surface area contributed by atoms with Crippen LogP contribution in [0.4, 0.5) is 0 Å². The van der Waals surface area contributed by atoms with E-state index in [9.17, 15) is 4.79 Å². The van der Waals surface area contributed by atoms with Crippen molar-refractivity contribution in [2.45, 2.75) is 13.5 Å². The molecule has 0 N–H and O–H groups in total. The molecule has 0 aliphatic carbocycles. The van der Waals surface area contributed by atoms with Crippen molar-refractivity contribution in [3.05, 3.63) is 60.8 Å². The molecule has 0 saturated heterocycles. The molecule has 3 nitrogen and oxygen atoms in total. The first-order valence-corrected chi connectivity index (χ1v) is 6.49. The molecule has 0 saturated carbocycles. The highest BCUT2D eigenvalue weighted by Gasteiger charge is 2.05. The monoisotopic (exact) mass is 360 g/mol. The van der Waals surface area contributed by atoms with Crippen LogP contribution < -0.4 is 5.56 Å². The molecule has 5 heteroatoms. The molecule has 17 heavy (non-hydrogen) atoms. The average molecular weight is 361 g/mol. The van der Waals surface area contributed by atoms with Gasteiger partial charge in [-0.05, 0) is 47.2 Å². The first-order chi connectivity index (χ1) is 8.08. The third kappa shape index (κ3) is 2.87. The van der Waals surface area contributed by atoms with Crippen LogP contribution in [0.2, 0.25) is 5.02 Å². The van der Waals surface area contributed by atoms with Crippen LogP contribution >= 0.6 is 34.2 Å². The fourth-order valence-corrected chi connectivity index (χ4v) is 2.02. The van der Waals surface area contributed by atoms with Gasteiger partial charge in [0.05, 0.1) is 22.1 Å². The maximum absolute atomic E-state index is 12.0. The van der Waals surface area contributed by atoms with Crippen molar-refractivity contribution in [2.24, 2.45) is 0 Å². The summed E-state index contributed by atoms with van der Waals surface area (Å²) in [6.45, 7) is 2.34. The Kier molecular flexibility index (Phi) is 3.83. The minimum atomic E-state index is -0.00644. The summed E-state index contributed by atoms with van der Waals surface area (Å²) in [7, 11) is 0. The van der Waals surface area contributed by atoms with Crippen LogP contribution in [-0.4, -0.2) is 9.55 Å². The molecule has 0 fully saturated rings. The third-order valence-electron chi connectivity index (χ3n) is 2.42. The molecule has 1 aromatic carbocycles. The first kappa shape index (κ1) is 12.6. The molecule has 0 radical (unpaired) electrons. The minimum Gasteiger partial charge on any atom is -0.294 e. The Balaban J connectivity index is 2.34. The van der Waals surface area contributed by atoms with Gasteiger partial charge in [0.25, 0.3) is 5.56 Å². The SMILES string of the molecule is Cc1ncn(Cc2ccc(Cl)cc2)c(=O)c1I. The highest BCUT2D eigenvalue weighted by atomic mass is 127. The van der Waals surface area contributed by atoms with Crippen LogP contribution in [0, 0.1) is 10.5 Å². The highest BCUT2D eigenvalue weighted by Crippen LogP contribution is 2.10. The van der Waals surface area contributed by atoms with Crippen molar-refractivity contribution in [2.75, 3.05) is 0 Å². The molecule has 0 aliphatic heterocycles. The van der Waals surface area contributed by atoms with Crippen LogP contribution in [-0.2, 0) is 6.54 Å². The van der Waals surface area contributed by atoms with E-state index in [1.807, 2.05) is 53.8 Å². The van der Waals surface area contributed by atoms with E-state index < -0.39 is 0 Å². The second-order valence-corrected chi connectivity index (χ2v) is 5.22. The standard InChI is InChI=1S/C12H10ClIN2O/c1-8-11(14)12(17)16(7-15-8)6-9-2-4-10(13)5-3-9/h2-5,7H,6H2,1H3. The maximum Gasteiger partial charge on any atom is 0.267 e. The number of hydrogen-bond acceptors (Lipinski definition) is 2. The van der Waals surface area contributed by atoms with E-state index in [0.29, 0.717) is 15.1 Å². The Labute approximate surface area is 118 Å². The van der Waals surface area contributed by atoms with Crippen molar-refractivity contribution in [1.29, 1.82) is 0 Å². The summed E-state index contributed by atoms with van der Waals surface area (Å²) in [5, 5.41) is 0.692. The fraction of sp³-hybridized carbons (Fsp3) is 0.167. The topological polar surface area (TPSA) is 34.9 Å². The van der Waals surface area contributed by atoms with E-state index in [4.69, 9.17) is 11.6 Å². The van der Waals surface area contributed by atoms with Crippen molar-refractivity contribution in [1.82, 2.24) is 9.55 Å². The number of nitrogens with zero attached hydrogens (tertiary/aromatic N) is 2. The number of rotatable bonds is 2. The van der Waals surface area contributed by atoms with Gasteiger partial charge in [-0.3, -0.25) is 9.36 Å². The lowest BCUT2D eigenvalue weighted by atomic mass is 10.2. The van der Waals surface area contributed by atoms with Crippen LogP contribution in [0.5, 0.6) is 0 Å². The van der Waals surface area contributed by atoms with Gasteiger partial charge in [-0.2, -0.15) is 0 Å². The minimum absolute atomic E-state index is 0.00644. The number of hydrogen-bond donors (Lipinski definition) is 0. The Hall–Kier alpha value is -0.880. The van der Waals surface area contributed by atoms with Crippen LogP contribution in [0.1, 0.15) is 11.3 Å². The molecule has 88 valence electrons. The summed E-state index contributed by atoms with van der Waals surface area (Å²) in [6, 6.07) is 7.44. The predicted octanol–water partition coefficient (Wildman–Crippen LogP) is 2.86. The number of halogens is 2. The fourth-order valence-electron chi connectivity index (χ4n) is 1.45. The predicted molar refractivity (Wildman–Crippen MR) is 76.5 cm³/mol. The summed E-state index contributed by atoms with van der Waals surface area (Å²) in [5.41, 5.74) is 1.79. The van der Waals surface area contributed by atoms with Crippen LogP contribution in [0.3, 0.4) is 0 Å². The van der Waals surface area contributed by atoms with E-state index >= 15 is 0 Å². The largest absolute Gasteiger partial charge is 0.294 e. The van der Waals surface area contributed by atoms with E-state index in [1.165, 1.54) is 0 Å². The van der Waals surface area contributed by atoms with E-state index in [0.717, 1.165) is 11.3 Å². The van der Waals surface area contributed by atoms with Crippen molar-refractivity contribution >= 4 is 34.2 Å². The molecule has 0 bridgehead atoms. The molecule has 1 heterocycles. The lowest BCUT2D eigenvalue weighted by Gasteiger charge is -2.07. The zero-order valence-electron chi connectivity index (χ0n) is 9.15. The van der Waals surface area contributed by atoms with E-state index in [-0.39, 0.29) is 5.56 Å². The Morgan fingerprint density at radius 3 is 2.65 bits per heavy atom.